The van der Waals surface area contributed by atoms with Crippen molar-refractivity contribution in [2.75, 3.05) is 5.75 Å². The van der Waals surface area contributed by atoms with Crippen LogP contribution in [0, 0.1) is 13.8 Å². The van der Waals surface area contributed by atoms with Gasteiger partial charge in [0.05, 0.1) is 12.1 Å². The maximum absolute atomic E-state index is 4.68. The fraction of sp³-hybridized carbons (Fsp3) is 0.615. The Labute approximate surface area is 112 Å². The van der Waals surface area contributed by atoms with Crippen molar-refractivity contribution in [1.82, 2.24) is 5.32 Å². The number of thiophene rings is 1. The zero-order valence-electron chi connectivity index (χ0n) is 10.9. The molecular weight excluding hydrogens is 248 g/mol. The molecule has 2 heterocycles. The lowest BCUT2D eigenvalue weighted by molar-refractivity contribution is 0.701. The van der Waals surface area contributed by atoms with Crippen molar-refractivity contribution in [3.05, 3.63) is 21.4 Å². The Morgan fingerprint density at radius 1 is 1.53 bits per heavy atom. The lowest BCUT2D eigenvalue weighted by atomic mass is 10.1. The maximum atomic E-state index is 4.68. The predicted octanol–water partition coefficient (Wildman–Crippen LogP) is 3.90. The first-order chi connectivity index (χ1) is 8.10. The highest BCUT2D eigenvalue weighted by Gasteiger charge is 2.19. The van der Waals surface area contributed by atoms with E-state index in [4.69, 9.17) is 0 Å². The molecule has 1 aromatic rings. The Bertz CT molecular complexity index is 423. The number of aryl methyl sites for hydroxylation is 2. The number of hydrogen-bond donors (Lipinski definition) is 1. The molecular formula is C13H20N2S2. The van der Waals surface area contributed by atoms with Crippen LogP contribution >= 0.6 is 23.1 Å². The minimum Gasteiger partial charge on any atom is -0.358 e. The van der Waals surface area contributed by atoms with Gasteiger partial charge < -0.3 is 5.32 Å². The summed E-state index contributed by atoms with van der Waals surface area (Å²) in [6.45, 7) is 8.79. The quantitative estimate of drug-likeness (QED) is 0.899. The summed E-state index contributed by atoms with van der Waals surface area (Å²) in [5.41, 5.74) is 1.41. The first-order valence-corrected chi connectivity index (χ1v) is 7.94. The lowest BCUT2D eigenvalue weighted by Crippen LogP contribution is -2.23. The fourth-order valence-electron chi connectivity index (χ4n) is 2.05. The van der Waals surface area contributed by atoms with Gasteiger partial charge in [-0.2, -0.15) is 0 Å². The number of thioether (sulfide) groups is 1. The second-order valence-electron chi connectivity index (χ2n) is 4.54. The van der Waals surface area contributed by atoms with E-state index in [-0.39, 0.29) is 0 Å². The second-order valence-corrected chi connectivity index (χ2v) is 7.01. The highest BCUT2D eigenvalue weighted by atomic mass is 32.2. The molecule has 1 aliphatic heterocycles. The predicted molar refractivity (Wildman–Crippen MR) is 79.3 cm³/mol. The zero-order chi connectivity index (χ0) is 12.4. The third kappa shape index (κ3) is 3.05. The van der Waals surface area contributed by atoms with Crippen LogP contribution in [0.5, 0.6) is 0 Å². The molecule has 2 atom stereocenters. The Kier molecular flexibility index (Phi) is 4.15. The van der Waals surface area contributed by atoms with Crippen LogP contribution in [0.4, 0.5) is 0 Å². The van der Waals surface area contributed by atoms with Crippen LogP contribution in [0.15, 0.2) is 11.1 Å². The molecule has 0 fully saturated rings. The summed E-state index contributed by atoms with van der Waals surface area (Å²) in [4.78, 5) is 7.48. The molecule has 0 radical (unpaired) electrons. The SMILES string of the molecule is CCC1CSC(NC(C)c2cc(C)sc2C)=N1. The summed E-state index contributed by atoms with van der Waals surface area (Å²) >= 11 is 3.73. The van der Waals surface area contributed by atoms with E-state index in [0.29, 0.717) is 12.1 Å². The van der Waals surface area contributed by atoms with E-state index in [0.717, 1.165) is 17.3 Å². The molecule has 0 spiro atoms. The molecule has 2 rings (SSSR count). The minimum atomic E-state index is 0.363. The van der Waals surface area contributed by atoms with E-state index >= 15 is 0 Å². The van der Waals surface area contributed by atoms with E-state index in [2.05, 4.69) is 44.1 Å². The zero-order valence-corrected chi connectivity index (χ0v) is 12.5. The number of nitrogens with zero attached hydrogens (tertiary/aromatic N) is 1. The molecule has 4 heteroatoms. The van der Waals surface area contributed by atoms with Crippen LogP contribution in [-0.4, -0.2) is 17.0 Å². The Balaban J connectivity index is 2.02. The van der Waals surface area contributed by atoms with Gasteiger partial charge in [0.1, 0.15) is 0 Å². The number of hydrogen-bond acceptors (Lipinski definition) is 4. The Morgan fingerprint density at radius 2 is 2.29 bits per heavy atom. The normalized spacial score (nSPS) is 21.4. The van der Waals surface area contributed by atoms with Crippen molar-refractivity contribution in [3.63, 3.8) is 0 Å². The van der Waals surface area contributed by atoms with Crippen molar-refractivity contribution < 1.29 is 0 Å². The molecule has 0 amide bonds. The van der Waals surface area contributed by atoms with Crippen molar-refractivity contribution in [3.8, 4) is 0 Å². The van der Waals surface area contributed by atoms with Crippen molar-refractivity contribution in [1.29, 1.82) is 0 Å². The van der Waals surface area contributed by atoms with Crippen LogP contribution in [0.1, 0.15) is 41.6 Å². The van der Waals surface area contributed by atoms with Gasteiger partial charge in [-0.05, 0) is 38.8 Å². The van der Waals surface area contributed by atoms with Crippen molar-refractivity contribution >= 4 is 28.3 Å². The van der Waals surface area contributed by atoms with E-state index < -0.39 is 0 Å². The Hall–Kier alpha value is -0.480. The molecule has 0 aliphatic carbocycles. The van der Waals surface area contributed by atoms with Gasteiger partial charge in [0, 0.05) is 15.5 Å². The average molecular weight is 268 g/mol. The average Bonchev–Trinajstić information content (AvgIpc) is 2.85. The number of amidine groups is 1. The standard InChI is InChI=1S/C13H20N2S2/c1-5-11-7-16-13(15-11)14-9(3)12-6-8(2)17-10(12)4/h6,9,11H,5,7H2,1-4H3,(H,14,15). The van der Waals surface area contributed by atoms with Crippen molar-refractivity contribution in [2.45, 2.75) is 46.2 Å². The van der Waals surface area contributed by atoms with Gasteiger partial charge in [0.15, 0.2) is 5.17 Å². The maximum Gasteiger partial charge on any atom is 0.157 e. The number of aliphatic imine (C=N–C) groups is 1. The third-order valence-electron chi connectivity index (χ3n) is 3.07. The minimum absolute atomic E-state index is 0.363. The van der Waals surface area contributed by atoms with Crippen LogP contribution in [0.2, 0.25) is 0 Å². The Morgan fingerprint density at radius 3 is 2.82 bits per heavy atom. The summed E-state index contributed by atoms with van der Waals surface area (Å²) in [5.74, 6) is 1.13. The molecule has 2 nitrogen and oxygen atoms in total. The van der Waals surface area contributed by atoms with Gasteiger partial charge in [-0.15, -0.1) is 11.3 Å². The van der Waals surface area contributed by atoms with E-state index in [1.54, 1.807) is 0 Å². The molecule has 0 aromatic carbocycles. The third-order valence-corrected chi connectivity index (χ3v) is 5.10. The fourth-order valence-corrected chi connectivity index (χ4v) is 4.21. The van der Waals surface area contributed by atoms with E-state index in [9.17, 15) is 0 Å². The smallest absolute Gasteiger partial charge is 0.157 e. The number of rotatable bonds is 3. The molecule has 1 N–H and O–H groups in total. The van der Waals surface area contributed by atoms with Gasteiger partial charge in [-0.3, -0.25) is 4.99 Å². The topological polar surface area (TPSA) is 24.4 Å². The monoisotopic (exact) mass is 268 g/mol. The summed E-state index contributed by atoms with van der Waals surface area (Å²) in [6.07, 6.45) is 1.14. The summed E-state index contributed by atoms with van der Waals surface area (Å²) < 4.78 is 0. The highest BCUT2D eigenvalue weighted by molar-refractivity contribution is 8.14. The molecule has 1 aromatic heterocycles. The molecule has 2 unspecified atom stereocenters. The van der Waals surface area contributed by atoms with Gasteiger partial charge in [0.2, 0.25) is 0 Å². The van der Waals surface area contributed by atoms with Gasteiger partial charge in [0.25, 0.3) is 0 Å². The van der Waals surface area contributed by atoms with E-state index in [1.165, 1.54) is 15.3 Å². The van der Waals surface area contributed by atoms with Crippen molar-refractivity contribution in [2.24, 2.45) is 4.99 Å². The molecule has 0 saturated carbocycles. The first-order valence-electron chi connectivity index (χ1n) is 6.14. The summed E-state index contributed by atoms with van der Waals surface area (Å²) in [5, 5.41) is 4.65. The molecule has 0 saturated heterocycles. The largest absolute Gasteiger partial charge is 0.358 e. The van der Waals surface area contributed by atoms with Gasteiger partial charge in [-0.1, -0.05) is 18.7 Å². The highest BCUT2D eigenvalue weighted by Crippen LogP contribution is 2.27. The van der Waals surface area contributed by atoms with E-state index in [1.807, 2.05) is 23.1 Å². The molecule has 17 heavy (non-hydrogen) atoms. The van der Waals surface area contributed by atoms with Crippen LogP contribution < -0.4 is 5.32 Å². The van der Waals surface area contributed by atoms with Crippen LogP contribution in [0.3, 0.4) is 0 Å². The molecule has 1 aliphatic rings. The van der Waals surface area contributed by atoms with Gasteiger partial charge in [-0.25, -0.2) is 0 Å². The van der Waals surface area contributed by atoms with Crippen LogP contribution in [-0.2, 0) is 0 Å². The lowest BCUT2D eigenvalue weighted by Gasteiger charge is -2.14. The van der Waals surface area contributed by atoms with Crippen LogP contribution in [0.25, 0.3) is 0 Å². The number of nitrogens with one attached hydrogen (secondary N) is 1. The summed E-state index contributed by atoms with van der Waals surface area (Å²) in [6, 6.07) is 3.16. The van der Waals surface area contributed by atoms with Gasteiger partial charge >= 0.3 is 0 Å². The molecule has 94 valence electrons. The first kappa shape index (κ1) is 13.0. The summed E-state index contributed by atoms with van der Waals surface area (Å²) in [7, 11) is 0. The second kappa shape index (κ2) is 5.44. The molecule has 0 bridgehead atoms.